The Labute approximate surface area is 199 Å². The third-order valence-corrected chi connectivity index (χ3v) is 5.84. The van der Waals surface area contributed by atoms with E-state index in [-0.39, 0.29) is 18.9 Å². The predicted octanol–water partition coefficient (Wildman–Crippen LogP) is 0.0285. The van der Waals surface area contributed by atoms with E-state index in [2.05, 4.69) is 10.6 Å². The number of benzene rings is 1. The number of likely N-dealkylation sites (tertiary alicyclic amines) is 1. The van der Waals surface area contributed by atoms with Gasteiger partial charge < -0.3 is 31.5 Å². The van der Waals surface area contributed by atoms with E-state index in [0.29, 0.717) is 19.3 Å². The molecule has 1 fully saturated rings. The Bertz CT molecular complexity index is 860. The van der Waals surface area contributed by atoms with Crippen LogP contribution in [0.5, 0.6) is 0 Å². The third-order valence-electron chi connectivity index (χ3n) is 5.84. The highest BCUT2D eigenvalue weighted by molar-refractivity contribution is 5.94. The maximum absolute atomic E-state index is 13.2. The van der Waals surface area contributed by atoms with Crippen molar-refractivity contribution in [1.82, 2.24) is 15.5 Å². The van der Waals surface area contributed by atoms with Crippen LogP contribution in [-0.2, 0) is 25.6 Å². The highest BCUT2D eigenvalue weighted by Crippen LogP contribution is 2.19. The molecule has 1 heterocycles. The molecular weight excluding hydrogens is 440 g/mol. The van der Waals surface area contributed by atoms with Crippen molar-refractivity contribution in [3.05, 3.63) is 35.9 Å². The lowest BCUT2D eigenvalue weighted by molar-refractivity contribution is -0.150. The van der Waals surface area contributed by atoms with Gasteiger partial charge in [-0.2, -0.15) is 0 Å². The van der Waals surface area contributed by atoms with Gasteiger partial charge in [-0.15, -0.1) is 0 Å². The monoisotopic (exact) mass is 476 g/mol. The van der Waals surface area contributed by atoms with E-state index in [1.165, 1.54) is 11.8 Å². The summed E-state index contributed by atoms with van der Waals surface area (Å²) in [6.45, 7) is 5.44. The Balaban J connectivity index is 2.21. The molecule has 2 rings (SSSR count). The third kappa shape index (κ3) is 7.53. The zero-order chi connectivity index (χ0) is 25.4. The first-order chi connectivity index (χ1) is 16.0. The van der Waals surface area contributed by atoms with Crippen molar-refractivity contribution in [1.29, 1.82) is 0 Å². The van der Waals surface area contributed by atoms with E-state index < -0.39 is 54.0 Å². The van der Waals surface area contributed by atoms with Crippen LogP contribution in [0, 0.1) is 5.92 Å². The Morgan fingerprint density at radius 1 is 1.09 bits per heavy atom. The molecule has 0 saturated carbocycles. The van der Waals surface area contributed by atoms with E-state index in [1.54, 1.807) is 24.3 Å². The summed E-state index contributed by atoms with van der Waals surface area (Å²) in [5, 5.41) is 24.8. The molecule has 1 aliphatic rings. The molecule has 188 valence electrons. The number of aliphatic hydroxyl groups excluding tert-OH is 1. The number of amides is 3. The molecule has 0 spiro atoms. The molecule has 0 bridgehead atoms. The van der Waals surface area contributed by atoms with Crippen LogP contribution in [0.1, 0.15) is 45.6 Å². The number of aliphatic carboxylic acids is 1. The molecule has 1 aromatic carbocycles. The number of carboxylic acid groups (broad SMARTS) is 1. The van der Waals surface area contributed by atoms with Crippen molar-refractivity contribution < 1.29 is 29.4 Å². The minimum atomic E-state index is -1.35. The van der Waals surface area contributed by atoms with Crippen LogP contribution in [0.2, 0.25) is 0 Å². The molecule has 34 heavy (non-hydrogen) atoms. The summed E-state index contributed by atoms with van der Waals surface area (Å²) < 4.78 is 0. The second kappa shape index (κ2) is 12.5. The lowest BCUT2D eigenvalue weighted by atomic mass is 10.0. The quantitative estimate of drug-likeness (QED) is 0.301. The number of hydrogen-bond donors (Lipinski definition) is 5. The topological polar surface area (TPSA) is 162 Å². The second-order valence-corrected chi connectivity index (χ2v) is 9.24. The van der Waals surface area contributed by atoms with Crippen LogP contribution in [-0.4, -0.2) is 75.6 Å². The number of aliphatic hydroxyl groups is 1. The molecule has 1 aromatic rings. The maximum atomic E-state index is 13.2. The normalized spacial score (nSPS) is 19.2. The summed E-state index contributed by atoms with van der Waals surface area (Å²) in [4.78, 5) is 51.6. The predicted molar refractivity (Wildman–Crippen MR) is 125 cm³/mol. The second-order valence-electron chi connectivity index (χ2n) is 9.24. The van der Waals surface area contributed by atoms with E-state index in [1.807, 2.05) is 19.9 Å². The fourth-order valence-corrected chi connectivity index (χ4v) is 4.06. The Kier molecular flexibility index (Phi) is 10.0. The summed E-state index contributed by atoms with van der Waals surface area (Å²) in [7, 11) is 0. The summed E-state index contributed by atoms with van der Waals surface area (Å²) in [5.74, 6) is -2.78. The van der Waals surface area contributed by atoms with Crippen molar-refractivity contribution in [3.63, 3.8) is 0 Å². The average molecular weight is 477 g/mol. The minimum absolute atomic E-state index is 0.148. The fourth-order valence-electron chi connectivity index (χ4n) is 4.06. The summed E-state index contributed by atoms with van der Waals surface area (Å²) in [6.07, 6.45) is 0.134. The van der Waals surface area contributed by atoms with Gasteiger partial charge in [0.05, 0.1) is 12.1 Å². The summed E-state index contributed by atoms with van der Waals surface area (Å²) >= 11 is 0. The number of hydrogen-bond acceptors (Lipinski definition) is 6. The van der Waals surface area contributed by atoms with Crippen LogP contribution in [0.4, 0.5) is 0 Å². The van der Waals surface area contributed by atoms with E-state index in [4.69, 9.17) is 5.73 Å². The standard InChI is InChI=1S/C24H36N4O6/c1-14(2)12-17(25)21(30)26-18(13-16-8-5-4-6-9-16)22(31)27-20(15(3)29)23(32)28-11-7-10-19(28)24(33)34/h4-6,8-9,14-15,17-20,29H,7,10-13,25H2,1-3H3,(H,26,30)(H,27,31)(H,33,34). The summed E-state index contributed by atoms with van der Waals surface area (Å²) in [6, 6.07) is 4.84. The highest BCUT2D eigenvalue weighted by Gasteiger charge is 2.40. The molecule has 10 nitrogen and oxygen atoms in total. The molecule has 5 unspecified atom stereocenters. The van der Waals surface area contributed by atoms with Crippen molar-refractivity contribution in [2.24, 2.45) is 11.7 Å². The number of nitrogens with zero attached hydrogens (tertiary/aromatic N) is 1. The van der Waals surface area contributed by atoms with E-state index in [9.17, 15) is 29.4 Å². The van der Waals surface area contributed by atoms with E-state index in [0.717, 1.165) is 5.56 Å². The van der Waals surface area contributed by atoms with Crippen LogP contribution in [0.25, 0.3) is 0 Å². The Hall–Kier alpha value is -2.98. The van der Waals surface area contributed by atoms with Crippen LogP contribution < -0.4 is 16.4 Å². The van der Waals surface area contributed by atoms with E-state index >= 15 is 0 Å². The molecule has 6 N–H and O–H groups in total. The van der Waals surface area contributed by atoms with Gasteiger partial charge in [-0.05, 0) is 37.7 Å². The van der Waals surface area contributed by atoms with Crippen molar-refractivity contribution in [2.45, 2.75) is 76.7 Å². The number of carbonyl (C=O) groups excluding carboxylic acids is 3. The van der Waals surface area contributed by atoms with Gasteiger partial charge in [0, 0.05) is 13.0 Å². The van der Waals surface area contributed by atoms with Crippen LogP contribution in [0.15, 0.2) is 30.3 Å². The first-order valence-electron chi connectivity index (χ1n) is 11.6. The number of nitrogens with two attached hydrogens (primary N) is 1. The molecule has 0 radical (unpaired) electrons. The van der Waals surface area contributed by atoms with Gasteiger partial charge in [0.1, 0.15) is 18.1 Å². The molecule has 1 saturated heterocycles. The molecule has 1 aliphatic heterocycles. The minimum Gasteiger partial charge on any atom is -0.480 e. The molecule has 3 amide bonds. The smallest absolute Gasteiger partial charge is 0.326 e. The van der Waals surface area contributed by atoms with Crippen molar-refractivity contribution in [3.8, 4) is 0 Å². The van der Waals surface area contributed by atoms with Gasteiger partial charge in [0.15, 0.2) is 0 Å². The van der Waals surface area contributed by atoms with Gasteiger partial charge in [-0.25, -0.2) is 4.79 Å². The van der Waals surface area contributed by atoms with Crippen LogP contribution in [0.3, 0.4) is 0 Å². The zero-order valence-corrected chi connectivity index (χ0v) is 19.9. The first kappa shape index (κ1) is 27.3. The van der Waals surface area contributed by atoms with Crippen LogP contribution >= 0.6 is 0 Å². The molecule has 0 aromatic heterocycles. The number of rotatable bonds is 11. The lowest BCUT2D eigenvalue weighted by Crippen LogP contribution is -2.60. The molecular formula is C24H36N4O6. The average Bonchev–Trinajstić information content (AvgIpc) is 3.26. The van der Waals surface area contributed by atoms with Crippen molar-refractivity contribution >= 4 is 23.7 Å². The van der Waals surface area contributed by atoms with Crippen molar-refractivity contribution in [2.75, 3.05) is 6.54 Å². The molecule has 5 atom stereocenters. The largest absolute Gasteiger partial charge is 0.480 e. The molecule has 0 aliphatic carbocycles. The number of carbonyl (C=O) groups is 4. The highest BCUT2D eigenvalue weighted by atomic mass is 16.4. The number of carboxylic acids is 1. The molecule has 10 heteroatoms. The van der Waals surface area contributed by atoms with Gasteiger partial charge >= 0.3 is 5.97 Å². The Morgan fingerprint density at radius 2 is 1.74 bits per heavy atom. The SMILES string of the molecule is CC(C)CC(N)C(=O)NC(Cc1ccccc1)C(=O)NC(C(=O)N1CCCC1C(=O)O)C(C)O. The van der Waals surface area contributed by atoms with Gasteiger partial charge in [0.2, 0.25) is 17.7 Å². The fraction of sp³-hybridized carbons (Fsp3) is 0.583. The van der Waals surface area contributed by atoms with Gasteiger partial charge in [-0.3, -0.25) is 14.4 Å². The zero-order valence-electron chi connectivity index (χ0n) is 19.9. The van der Waals surface area contributed by atoms with Gasteiger partial charge in [-0.1, -0.05) is 44.2 Å². The maximum Gasteiger partial charge on any atom is 0.326 e. The van der Waals surface area contributed by atoms with Gasteiger partial charge in [0.25, 0.3) is 0 Å². The first-order valence-corrected chi connectivity index (χ1v) is 11.6. The lowest BCUT2D eigenvalue weighted by Gasteiger charge is -2.30. The summed E-state index contributed by atoms with van der Waals surface area (Å²) in [5.41, 5.74) is 6.77. The Morgan fingerprint density at radius 3 is 2.29 bits per heavy atom. The number of nitrogens with one attached hydrogen (secondary N) is 2.